The standard InChI is InChI=1S/C34H35NO3S.2C2H6/c1-3-4-28(20-34(36)37)27-7-9-29(10-8-27)38-21-26-6-12-33-31(19-26)32(22-39-33)30-11-5-25(17-23(30)2)18-24-13-15-35-16-14-24;2*1-2/h5-12,17,19,22,24,28,35H,13-16,18,20-21H2,1-2H3,(H,36,37);2*1-2H3. The smallest absolute Gasteiger partial charge is 0.304 e. The molecule has 1 fully saturated rings. The molecule has 1 aliphatic rings. The number of rotatable bonds is 9. The number of fused-ring (bicyclic) bond motifs is 1. The zero-order valence-electron chi connectivity index (χ0n) is 26.6. The van der Waals surface area contributed by atoms with Gasteiger partial charge in [0.25, 0.3) is 0 Å². The van der Waals surface area contributed by atoms with Gasteiger partial charge in [0.05, 0.1) is 12.3 Å². The average molecular weight is 598 g/mol. The Bertz CT molecular complexity index is 1500. The minimum absolute atomic E-state index is 0.00946. The number of hydrogen-bond acceptors (Lipinski definition) is 4. The molecule has 4 nitrogen and oxygen atoms in total. The Morgan fingerprint density at radius 1 is 0.977 bits per heavy atom. The van der Waals surface area contributed by atoms with Gasteiger partial charge in [-0.2, -0.15) is 0 Å². The van der Waals surface area contributed by atoms with Crippen LogP contribution < -0.4 is 10.1 Å². The minimum atomic E-state index is -0.852. The van der Waals surface area contributed by atoms with Gasteiger partial charge >= 0.3 is 5.97 Å². The summed E-state index contributed by atoms with van der Waals surface area (Å²) in [6, 6.07) is 21.2. The molecule has 0 spiro atoms. The van der Waals surface area contributed by atoms with Crippen LogP contribution in [0.25, 0.3) is 21.2 Å². The van der Waals surface area contributed by atoms with E-state index in [1.165, 1.54) is 51.6 Å². The molecule has 1 unspecified atom stereocenters. The number of aryl methyl sites for hydroxylation is 1. The maximum Gasteiger partial charge on any atom is 0.304 e. The summed E-state index contributed by atoms with van der Waals surface area (Å²) < 4.78 is 7.37. The van der Waals surface area contributed by atoms with E-state index in [1.807, 2.05) is 52.0 Å². The van der Waals surface area contributed by atoms with Crippen LogP contribution in [-0.2, 0) is 17.8 Å². The number of hydrogen-bond donors (Lipinski definition) is 2. The molecule has 3 aromatic carbocycles. The lowest BCUT2D eigenvalue weighted by Gasteiger charge is -2.23. The van der Waals surface area contributed by atoms with Gasteiger partial charge in [-0.1, -0.05) is 70.0 Å². The summed E-state index contributed by atoms with van der Waals surface area (Å²) >= 11 is 1.79. The van der Waals surface area contributed by atoms with Crippen LogP contribution in [0.3, 0.4) is 0 Å². The van der Waals surface area contributed by atoms with Crippen LogP contribution >= 0.6 is 11.3 Å². The summed E-state index contributed by atoms with van der Waals surface area (Å²) in [7, 11) is 0. The fourth-order valence-electron chi connectivity index (χ4n) is 5.51. The van der Waals surface area contributed by atoms with Crippen LogP contribution in [0.1, 0.15) is 82.1 Å². The Morgan fingerprint density at radius 2 is 1.67 bits per heavy atom. The quantitative estimate of drug-likeness (QED) is 0.189. The van der Waals surface area contributed by atoms with Crippen molar-refractivity contribution < 1.29 is 14.6 Å². The van der Waals surface area contributed by atoms with E-state index in [0.717, 1.165) is 35.9 Å². The molecule has 1 atom stereocenters. The average Bonchev–Trinajstić information content (AvgIpc) is 3.45. The molecule has 0 bridgehead atoms. The summed E-state index contributed by atoms with van der Waals surface area (Å²) in [5.74, 6) is 6.20. The van der Waals surface area contributed by atoms with Crippen molar-refractivity contribution in [3.05, 3.63) is 88.3 Å². The molecule has 5 heteroatoms. The third-order valence-electron chi connectivity index (χ3n) is 7.59. The van der Waals surface area contributed by atoms with Crippen molar-refractivity contribution >= 4 is 27.4 Å². The Morgan fingerprint density at radius 3 is 2.33 bits per heavy atom. The van der Waals surface area contributed by atoms with Crippen LogP contribution in [0.2, 0.25) is 0 Å². The summed E-state index contributed by atoms with van der Waals surface area (Å²) in [6.45, 7) is 14.7. The lowest BCUT2D eigenvalue weighted by molar-refractivity contribution is -0.137. The molecule has 2 heterocycles. The summed E-state index contributed by atoms with van der Waals surface area (Å²) in [5, 5.41) is 16.2. The number of carboxylic acid groups (broad SMARTS) is 1. The number of ether oxygens (including phenoxy) is 1. The van der Waals surface area contributed by atoms with Crippen molar-refractivity contribution in [1.82, 2.24) is 5.32 Å². The second-order valence-corrected chi connectivity index (χ2v) is 11.3. The molecule has 0 aliphatic carbocycles. The van der Waals surface area contributed by atoms with Crippen molar-refractivity contribution in [3.63, 3.8) is 0 Å². The fraction of sp³-hybridized carbons (Fsp3) is 0.395. The molecule has 4 aromatic rings. The molecule has 0 saturated carbocycles. The van der Waals surface area contributed by atoms with Gasteiger partial charge in [-0.05, 0) is 110 Å². The predicted molar refractivity (Wildman–Crippen MR) is 183 cm³/mol. The van der Waals surface area contributed by atoms with E-state index >= 15 is 0 Å². The van der Waals surface area contributed by atoms with Crippen LogP contribution in [0, 0.1) is 24.7 Å². The highest BCUT2D eigenvalue weighted by Gasteiger charge is 2.16. The van der Waals surface area contributed by atoms with Crippen molar-refractivity contribution in [2.24, 2.45) is 5.92 Å². The molecule has 228 valence electrons. The minimum Gasteiger partial charge on any atom is -0.489 e. The maximum absolute atomic E-state index is 11.2. The van der Waals surface area contributed by atoms with Gasteiger partial charge in [0.15, 0.2) is 0 Å². The maximum atomic E-state index is 11.2. The summed E-state index contributed by atoms with van der Waals surface area (Å²) in [6.07, 6.45) is 3.69. The Kier molecular flexibility index (Phi) is 13.8. The van der Waals surface area contributed by atoms with Gasteiger partial charge in [0.1, 0.15) is 12.4 Å². The van der Waals surface area contributed by atoms with Gasteiger partial charge in [0, 0.05) is 15.6 Å². The SMILES string of the molecule is CC.CC.CC#CC(CC(=O)O)c1ccc(OCc2ccc3scc(-c4ccc(CC5CCNCC5)cc4C)c3c2)cc1. The van der Waals surface area contributed by atoms with E-state index in [-0.39, 0.29) is 12.3 Å². The van der Waals surface area contributed by atoms with Crippen molar-refractivity contribution in [2.45, 2.75) is 79.8 Å². The number of aliphatic carboxylic acids is 1. The van der Waals surface area contributed by atoms with Crippen LogP contribution in [0.15, 0.2) is 66.0 Å². The number of nitrogens with one attached hydrogen (secondary N) is 1. The first-order valence-corrected chi connectivity index (χ1v) is 16.6. The first-order chi connectivity index (χ1) is 21.0. The number of thiophene rings is 1. The molecule has 2 N–H and O–H groups in total. The zero-order chi connectivity index (χ0) is 31.2. The third kappa shape index (κ3) is 9.45. The molecule has 5 rings (SSSR count). The number of piperidine rings is 1. The van der Waals surface area contributed by atoms with Crippen molar-refractivity contribution in [2.75, 3.05) is 13.1 Å². The van der Waals surface area contributed by atoms with E-state index < -0.39 is 5.97 Å². The molecule has 0 amide bonds. The fourth-order valence-corrected chi connectivity index (χ4v) is 6.45. The van der Waals surface area contributed by atoms with Crippen molar-refractivity contribution in [3.8, 4) is 28.7 Å². The Labute approximate surface area is 262 Å². The van der Waals surface area contributed by atoms with E-state index in [4.69, 9.17) is 4.74 Å². The number of carbonyl (C=O) groups is 1. The molecular weight excluding hydrogens is 550 g/mol. The van der Waals surface area contributed by atoms with Gasteiger partial charge in [-0.25, -0.2) is 0 Å². The van der Waals surface area contributed by atoms with Gasteiger partial charge < -0.3 is 15.2 Å². The topological polar surface area (TPSA) is 58.6 Å². The molecule has 43 heavy (non-hydrogen) atoms. The molecule has 1 saturated heterocycles. The first-order valence-electron chi connectivity index (χ1n) is 15.7. The van der Waals surface area contributed by atoms with Crippen LogP contribution in [-0.4, -0.2) is 24.2 Å². The molecule has 1 aliphatic heterocycles. The third-order valence-corrected chi connectivity index (χ3v) is 8.55. The van der Waals surface area contributed by atoms with Gasteiger partial charge in [0.2, 0.25) is 0 Å². The van der Waals surface area contributed by atoms with Crippen molar-refractivity contribution in [1.29, 1.82) is 0 Å². The second-order valence-electron chi connectivity index (χ2n) is 10.4. The van der Waals surface area contributed by atoms with E-state index in [1.54, 1.807) is 18.3 Å². The Balaban J connectivity index is 0.00000121. The first kappa shape index (κ1) is 33.9. The highest BCUT2D eigenvalue weighted by atomic mass is 32.1. The predicted octanol–water partition coefficient (Wildman–Crippen LogP) is 9.63. The lowest BCUT2D eigenvalue weighted by Crippen LogP contribution is -2.28. The highest BCUT2D eigenvalue weighted by molar-refractivity contribution is 7.17. The normalized spacial score (nSPS) is 13.4. The Hall–Kier alpha value is -3.59. The van der Waals surface area contributed by atoms with E-state index in [2.05, 4.69) is 65.9 Å². The summed E-state index contributed by atoms with van der Waals surface area (Å²) in [4.78, 5) is 11.2. The monoisotopic (exact) mass is 597 g/mol. The molecule has 0 radical (unpaired) electrons. The van der Waals surface area contributed by atoms with E-state index in [0.29, 0.717) is 6.61 Å². The second kappa shape index (κ2) is 17.5. The number of benzene rings is 3. The molecule has 1 aromatic heterocycles. The summed E-state index contributed by atoms with van der Waals surface area (Å²) in [5.41, 5.74) is 7.37. The van der Waals surface area contributed by atoms with Gasteiger partial charge in [-0.15, -0.1) is 17.3 Å². The zero-order valence-corrected chi connectivity index (χ0v) is 27.4. The van der Waals surface area contributed by atoms with Crippen LogP contribution in [0.5, 0.6) is 5.75 Å². The molecular formula is C38H47NO3S. The van der Waals surface area contributed by atoms with E-state index in [9.17, 15) is 9.90 Å². The number of carboxylic acids is 1. The highest BCUT2D eigenvalue weighted by Crippen LogP contribution is 2.37. The van der Waals surface area contributed by atoms with Gasteiger partial charge in [-0.3, -0.25) is 4.79 Å². The largest absolute Gasteiger partial charge is 0.489 e. The lowest BCUT2D eigenvalue weighted by atomic mass is 9.89. The van der Waals surface area contributed by atoms with Crippen LogP contribution in [0.4, 0.5) is 0 Å².